The standard InChI is InChI=1S/C30H50OSi2/c1-14-28(17-19-33(25(8)9,26(10)11)27(12)13)30-21-31-20-29(30)16-15-18-32(22(2)3,23(4)5)24(6)7/h14,16,22-27H,1,20-21H2,2-13H3/b29-16+,30-28+. The number of hydrogen-bond donors (Lipinski definition) is 0. The van der Waals surface area contributed by atoms with E-state index in [1.54, 1.807) is 0 Å². The zero-order chi connectivity index (χ0) is 25.6. The predicted octanol–water partition coefficient (Wildman–Crippen LogP) is 8.87. The minimum Gasteiger partial charge on any atom is -0.372 e. The number of ether oxygens (including phenoxy) is 1. The normalized spacial score (nSPS) is 17.8. The minimum absolute atomic E-state index is 0.601. The lowest BCUT2D eigenvalue weighted by molar-refractivity contribution is 0.215. The van der Waals surface area contributed by atoms with Crippen LogP contribution < -0.4 is 0 Å². The van der Waals surface area contributed by atoms with E-state index < -0.39 is 16.1 Å². The molecule has 0 aliphatic carbocycles. The second-order valence-electron chi connectivity index (χ2n) is 11.6. The van der Waals surface area contributed by atoms with Gasteiger partial charge in [-0.2, -0.15) is 0 Å². The second-order valence-corrected chi connectivity index (χ2v) is 22.7. The summed E-state index contributed by atoms with van der Waals surface area (Å²) in [7, 11) is -3.53. The van der Waals surface area contributed by atoms with Crippen molar-refractivity contribution in [3.05, 3.63) is 35.5 Å². The largest absolute Gasteiger partial charge is 0.372 e. The first-order valence-electron chi connectivity index (χ1n) is 13.0. The second kappa shape index (κ2) is 12.4. The van der Waals surface area contributed by atoms with E-state index in [0.717, 1.165) is 5.57 Å². The third kappa shape index (κ3) is 6.25. The average Bonchev–Trinajstić information content (AvgIpc) is 3.15. The van der Waals surface area contributed by atoms with E-state index >= 15 is 0 Å². The molecule has 184 valence electrons. The maximum atomic E-state index is 5.87. The molecule has 0 amide bonds. The molecule has 0 spiro atoms. The van der Waals surface area contributed by atoms with E-state index in [-0.39, 0.29) is 0 Å². The molecule has 0 unspecified atom stereocenters. The van der Waals surface area contributed by atoms with Crippen LogP contribution in [0.2, 0.25) is 33.2 Å². The Kier molecular flexibility index (Phi) is 11.2. The van der Waals surface area contributed by atoms with Crippen molar-refractivity contribution in [1.29, 1.82) is 0 Å². The van der Waals surface area contributed by atoms with Gasteiger partial charge in [-0.05, 0) is 50.5 Å². The van der Waals surface area contributed by atoms with E-state index in [0.29, 0.717) is 46.5 Å². The van der Waals surface area contributed by atoms with Crippen LogP contribution in [0.15, 0.2) is 35.5 Å². The fraction of sp³-hybridized carbons (Fsp3) is 0.667. The lowest BCUT2D eigenvalue weighted by Gasteiger charge is -2.38. The van der Waals surface area contributed by atoms with Crippen LogP contribution in [0, 0.1) is 22.9 Å². The maximum Gasteiger partial charge on any atom is 0.146 e. The van der Waals surface area contributed by atoms with Gasteiger partial charge in [0.2, 0.25) is 0 Å². The third-order valence-corrected chi connectivity index (χ3v) is 20.7. The van der Waals surface area contributed by atoms with Gasteiger partial charge in [0.15, 0.2) is 0 Å². The highest BCUT2D eigenvalue weighted by molar-refractivity contribution is 6.91. The SMILES string of the molecule is C=C/C(C#C[Si](C(C)C)(C(C)C)C(C)C)=C1/COC/C1=C\C#C[Si](C(C)C)(C(C)C)C(C)C. The van der Waals surface area contributed by atoms with Crippen LogP contribution in [0.3, 0.4) is 0 Å². The molecule has 0 aromatic heterocycles. The number of rotatable bonds is 7. The zero-order valence-corrected chi connectivity index (χ0v) is 25.6. The van der Waals surface area contributed by atoms with Crippen LogP contribution >= 0.6 is 0 Å². The monoisotopic (exact) mass is 482 g/mol. The molecule has 0 bridgehead atoms. The van der Waals surface area contributed by atoms with Gasteiger partial charge in [0.25, 0.3) is 0 Å². The summed E-state index contributed by atoms with van der Waals surface area (Å²) in [6.45, 7) is 33.6. The first kappa shape index (κ1) is 29.8. The van der Waals surface area contributed by atoms with E-state index in [1.807, 2.05) is 6.08 Å². The smallest absolute Gasteiger partial charge is 0.146 e. The molecule has 1 heterocycles. The van der Waals surface area contributed by atoms with E-state index in [1.165, 1.54) is 11.1 Å². The average molecular weight is 483 g/mol. The van der Waals surface area contributed by atoms with Gasteiger partial charge in [-0.25, -0.2) is 0 Å². The molecule has 0 radical (unpaired) electrons. The Hall–Kier alpha value is -1.27. The van der Waals surface area contributed by atoms with Crippen LogP contribution in [-0.4, -0.2) is 29.4 Å². The van der Waals surface area contributed by atoms with Gasteiger partial charge < -0.3 is 4.74 Å². The molecular formula is C30H50OSi2. The molecule has 0 N–H and O–H groups in total. The molecule has 1 fully saturated rings. The third-order valence-electron chi connectivity index (χ3n) is 8.10. The van der Waals surface area contributed by atoms with Gasteiger partial charge in [-0.15, -0.1) is 11.1 Å². The summed E-state index contributed by atoms with van der Waals surface area (Å²) in [5, 5.41) is 0. The molecule has 1 rings (SSSR count). The highest BCUT2D eigenvalue weighted by Gasteiger charge is 2.42. The van der Waals surface area contributed by atoms with Gasteiger partial charge in [0, 0.05) is 5.57 Å². The summed E-state index contributed by atoms with van der Waals surface area (Å²) in [5.74, 6) is 7.11. The molecule has 3 heteroatoms. The van der Waals surface area contributed by atoms with Crippen molar-refractivity contribution in [1.82, 2.24) is 0 Å². The van der Waals surface area contributed by atoms with Crippen LogP contribution in [0.5, 0.6) is 0 Å². The van der Waals surface area contributed by atoms with Crippen LogP contribution in [0.1, 0.15) is 83.1 Å². The quantitative estimate of drug-likeness (QED) is 0.260. The van der Waals surface area contributed by atoms with Crippen molar-refractivity contribution in [2.75, 3.05) is 13.2 Å². The van der Waals surface area contributed by atoms with Crippen molar-refractivity contribution in [3.63, 3.8) is 0 Å². The van der Waals surface area contributed by atoms with Gasteiger partial charge in [0.05, 0.1) is 13.2 Å². The number of hydrogen-bond acceptors (Lipinski definition) is 1. The molecule has 1 saturated heterocycles. The first-order chi connectivity index (χ1) is 15.3. The van der Waals surface area contributed by atoms with Crippen molar-refractivity contribution in [2.24, 2.45) is 0 Å². The molecule has 0 saturated carbocycles. The molecule has 1 aliphatic rings. The van der Waals surface area contributed by atoms with E-state index in [2.05, 4.69) is 119 Å². The fourth-order valence-electron chi connectivity index (χ4n) is 6.36. The summed E-state index contributed by atoms with van der Waals surface area (Å²) < 4.78 is 5.87. The summed E-state index contributed by atoms with van der Waals surface area (Å²) >= 11 is 0. The Balaban J connectivity index is 3.55. The summed E-state index contributed by atoms with van der Waals surface area (Å²) in [5.41, 5.74) is 14.8. The van der Waals surface area contributed by atoms with Crippen molar-refractivity contribution >= 4 is 16.1 Å². The Morgan fingerprint density at radius 1 is 0.727 bits per heavy atom. The van der Waals surface area contributed by atoms with Gasteiger partial charge in [0.1, 0.15) is 16.1 Å². The van der Waals surface area contributed by atoms with E-state index in [4.69, 9.17) is 4.74 Å². The fourth-order valence-corrected chi connectivity index (χ4v) is 16.8. The highest BCUT2D eigenvalue weighted by atomic mass is 28.3. The highest BCUT2D eigenvalue weighted by Crippen LogP contribution is 2.42. The zero-order valence-electron chi connectivity index (χ0n) is 23.6. The summed E-state index contributed by atoms with van der Waals surface area (Å²) in [4.78, 5) is 0. The molecule has 1 nitrogen and oxygen atoms in total. The number of allylic oxidation sites excluding steroid dienone is 3. The van der Waals surface area contributed by atoms with Crippen molar-refractivity contribution in [3.8, 4) is 22.9 Å². The van der Waals surface area contributed by atoms with Crippen molar-refractivity contribution < 1.29 is 4.74 Å². The predicted molar refractivity (Wildman–Crippen MR) is 154 cm³/mol. The molecule has 1 aliphatic heterocycles. The van der Waals surface area contributed by atoms with Gasteiger partial charge in [-0.1, -0.05) is 108 Å². The summed E-state index contributed by atoms with van der Waals surface area (Å²) in [6, 6.07) is 0. The molecule has 0 aromatic rings. The minimum atomic E-state index is -1.79. The Morgan fingerprint density at radius 3 is 1.55 bits per heavy atom. The summed E-state index contributed by atoms with van der Waals surface area (Å²) in [6.07, 6.45) is 4.04. The molecule has 0 aromatic carbocycles. The lowest BCUT2D eigenvalue weighted by Crippen LogP contribution is -2.43. The Labute approximate surface area is 208 Å². The van der Waals surface area contributed by atoms with Crippen LogP contribution in [0.4, 0.5) is 0 Å². The lowest BCUT2D eigenvalue weighted by atomic mass is 10.0. The Morgan fingerprint density at radius 2 is 1.15 bits per heavy atom. The van der Waals surface area contributed by atoms with Crippen molar-refractivity contribution in [2.45, 2.75) is 116 Å². The first-order valence-corrected chi connectivity index (χ1v) is 17.4. The Bertz CT molecular complexity index is 817. The molecule has 0 atom stereocenters. The topological polar surface area (TPSA) is 9.23 Å². The molecule has 33 heavy (non-hydrogen) atoms. The van der Waals surface area contributed by atoms with E-state index in [9.17, 15) is 0 Å². The maximum absolute atomic E-state index is 5.87. The van der Waals surface area contributed by atoms with Gasteiger partial charge >= 0.3 is 0 Å². The van der Waals surface area contributed by atoms with Crippen LogP contribution in [-0.2, 0) is 4.74 Å². The van der Waals surface area contributed by atoms with Crippen LogP contribution in [0.25, 0.3) is 0 Å². The molecular weight excluding hydrogens is 433 g/mol. The van der Waals surface area contributed by atoms with Gasteiger partial charge in [-0.3, -0.25) is 0 Å².